The third-order valence-corrected chi connectivity index (χ3v) is 2.90. The highest BCUT2D eigenvalue weighted by Crippen LogP contribution is 2.14. The Morgan fingerprint density at radius 2 is 2.00 bits per heavy atom. The van der Waals surface area contributed by atoms with Crippen LogP contribution in [0.4, 0.5) is 0 Å². The van der Waals surface area contributed by atoms with E-state index >= 15 is 0 Å². The van der Waals surface area contributed by atoms with Crippen molar-refractivity contribution in [3.8, 4) is 0 Å². The summed E-state index contributed by atoms with van der Waals surface area (Å²) in [7, 11) is 0. The quantitative estimate of drug-likeness (QED) is 0.535. The van der Waals surface area contributed by atoms with Gasteiger partial charge in [0.05, 0.1) is 0 Å². The molecule has 0 aromatic carbocycles. The lowest BCUT2D eigenvalue weighted by Crippen LogP contribution is -2.21. The minimum absolute atomic E-state index is 0.804. The summed E-state index contributed by atoms with van der Waals surface area (Å²) in [5.74, 6) is 0.804. The van der Waals surface area contributed by atoms with E-state index in [1.54, 1.807) is 0 Å². The Labute approximate surface area is 108 Å². The second-order valence-electron chi connectivity index (χ2n) is 4.54. The van der Waals surface area contributed by atoms with Crippen LogP contribution in [0, 0.1) is 5.92 Å². The molecule has 0 amide bonds. The SMILES string of the molecule is C=C/C=C(\C=C/C)NCC(CCC)CCCC. The Kier molecular flexibility index (Phi) is 10.8. The zero-order chi connectivity index (χ0) is 12.9. The van der Waals surface area contributed by atoms with Gasteiger partial charge in [-0.3, -0.25) is 0 Å². The lowest BCUT2D eigenvalue weighted by atomic mass is 9.97. The molecule has 0 radical (unpaired) electrons. The molecule has 17 heavy (non-hydrogen) atoms. The minimum atomic E-state index is 0.804. The molecule has 0 aromatic heterocycles. The van der Waals surface area contributed by atoms with Gasteiger partial charge in [-0.15, -0.1) is 0 Å². The average Bonchev–Trinajstić information content (AvgIpc) is 2.33. The van der Waals surface area contributed by atoms with E-state index in [4.69, 9.17) is 0 Å². The highest BCUT2D eigenvalue weighted by atomic mass is 14.9. The maximum absolute atomic E-state index is 3.75. The van der Waals surface area contributed by atoms with Gasteiger partial charge in [0.2, 0.25) is 0 Å². The Hall–Kier alpha value is -0.980. The summed E-state index contributed by atoms with van der Waals surface area (Å²) in [6.07, 6.45) is 14.6. The number of nitrogens with one attached hydrogen (secondary N) is 1. The molecular formula is C16H29N. The standard InChI is InChI=1S/C16H29N/c1-5-9-13-15(10-6-2)14-17-16(11-7-3)12-8-4/h7-8,11-12,15,17H,3,5-6,9-10,13-14H2,1-2,4H3/b12-8-,16-11+. The summed E-state index contributed by atoms with van der Waals surface area (Å²) < 4.78 is 0. The predicted molar refractivity (Wildman–Crippen MR) is 79.0 cm³/mol. The molecule has 0 heterocycles. The number of rotatable bonds is 10. The topological polar surface area (TPSA) is 12.0 Å². The monoisotopic (exact) mass is 235 g/mol. The molecule has 98 valence electrons. The number of hydrogen-bond donors (Lipinski definition) is 1. The lowest BCUT2D eigenvalue weighted by Gasteiger charge is -2.17. The second-order valence-corrected chi connectivity index (χ2v) is 4.54. The van der Waals surface area contributed by atoms with E-state index in [1.165, 1.54) is 37.8 Å². The third-order valence-electron chi connectivity index (χ3n) is 2.90. The van der Waals surface area contributed by atoms with Crippen LogP contribution in [0.5, 0.6) is 0 Å². The van der Waals surface area contributed by atoms with Gasteiger partial charge in [0.15, 0.2) is 0 Å². The molecule has 0 rings (SSSR count). The van der Waals surface area contributed by atoms with Crippen molar-refractivity contribution >= 4 is 0 Å². The molecule has 0 fully saturated rings. The van der Waals surface area contributed by atoms with E-state index in [0.717, 1.165) is 12.5 Å². The molecule has 1 heteroatoms. The first kappa shape index (κ1) is 16.0. The van der Waals surface area contributed by atoms with Crippen molar-refractivity contribution in [3.05, 3.63) is 36.6 Å². The van der Waals surface area contributed by atoms with E-state index in [2.05, 4.69) is 37.9 Å². The van der Waals surface area contributed by atoms with E-state index in [1.807, 2.05) is 19.1 Å². The summed E-state index contributed by atoms with van der Waals surface area (Å²) in [5, 5.41) is 3.52. The molecule has 1 atom stereocenters. The second kappa shape index (κ2) is 11.5. The van der Waals surface area contributed by atoms with Gasteiger partial charge in [-0.05, 0) is 37.8 Å². The smallest absolute Gasteiger partial charge is 0.0336 e. The highest BCUT2D eigenvalue weighted by molar-refractivity contribution is 5.20. The van der Waals surface area contributed by atoms with Crippen LogP contribution in [0.25, 0.3) is 0 Å². The molecule has 0 spiro atoms. The largest absolute Gasteiger partial charge is 0.385 e. The van der Waals surface area contributed by atoms with Gasteiger partial charge in [0, 0.05) is 12.2 Å². The molecule has 0 aliphatic carbocycles. The van der Waals surface area contributed by atoms with Crippen LogP contribution in [0.1, 0.15) is 52.9 Å². The number of hydrogen-bond acceptors (Lipinski definition) is 1. The fourth-order valence-electron chi connectivity index (χ4n) is 1.99. The van der Waals surface area contributed by atoms with Crippen LogP contribution in [-0.2, 0) is 0 Å². The Balaban J connectivity index is 4.15. The first-order valence-electron chi connectivity index (χ1n) is 6.97. The maximum Gasteiger partial charge on any atom is 0.0336 e. The van der Waals surface area contributed by atoms with Gasteiger partial charge >= 0.3 is 0 Å². The highest BCUT2D eigenvalue weighted by Gasteiger charge is 2.06. The Bertz CT molecular complexity index is 238. The molecule has 0 aliphatic heterocycles. The van der Waals surface area contributed by atoms with Crippen LogP contribution in [-0.4, -0.2) is 6.54 Å². The molecule has 1 nitrogen and oxygen atoms in total. The van der Waals surface area contributed by atoms with E-state index < -0.39 is 0 Å². The van der Waals surface area contributed by atoms with E-state index in [0.29, 0.717) is 0 Å². The minimum Gasteiger partial charge on any atom is -0.385 e. The van der Waals surface area contributed by atoms with Crippen molar-refractivity contribution in [2.24, 2.45) is 5.92 Å². The Morgan fingerprint density at radius 1 is 1.24 bits per heavy atom. The molecule has 0 saturated carbocycles. The van der Waals surface area contributed by atoms with E-state index in [9.17, 15) is 0 Å². The summed E-state index contributed by atoms with van der Waals surface area (Å²) in [5.41, 5.74) is 1.17. The lowest BCUT2D eigenvalue weighted by molar-refractivity contribution is 0.417. The molecule has 1 N–H and O–H groups in total. The first-order chi connectivity index (χ1) is 8.28. The van der Waals surface area contributed by atoms with Crippen molar-refractivity contribution in [2.45, 2.75) is 52.9 Å². The van der Waals surface area contributed by atoms with Crippen LogP contribution in [0.2, 0.25) is 0 Å². The van der Waals surface area contributed by atoms with Crippen molar-refractivity contribution in [1.82, 2.24) is 5.32 Å². The van der Waals surface area contributed by atoms with Crippen molar-refractivity contribution in [1.29, 1.82) is 0 Å². The Morgan fingerprint density at radius 3 is 2.53 bits per heavy atom. The van der Waals surface area contributed by atoms with Crippen molar-refractivity contribution in [2.75, 3.05) is 6.54 Å². The fourth-order valence-corrected chi connectivity index (χ4v) is 1.99. The first-order valence-corrected chi connectivity index (χ1v) is 6.97. The third kappa shape index (κ3) is 8.79. The molecular weight excluding hydrogens is 206 g/mol. The van der Waals surface area contributed by atoms with Gasteiger partial charge in [-0.1, -0.05) is 51.8 Å². The average molecular weight is 235 g/mol. The van der Waals surface area contributed by atoms with Gasteiger partial charge in [0.25, 0.3) is 0 Å². The normalized spacial score (nSPS) is 13.9. The maximum atomic E-state index is 3.75. The summed E-state index contributed by atoms with van der Waals surface area (Å²) in [4.78, 5) is 0. The van der Waals surface area contributed by atoms with Gasteiger partial charge in [0.1, 0.15) is 0 Å². The molecule has 1 unspecified atom stereocenters. The van der Waals surface area contributed by atoms with Gasteiger partial charge in [-0.25, -0.2) is 0 Å². The number of unbranched alkanes of at least 4 members (excludes halogenated alkanes) is 1. The molecule has 0 aliphatic rings. The van der Waals surface area contributed by atoms with Crippen molar-refractivity contribution in [3.63, 3.8) is 0 Å². The molecule has 0 bridgehead atoms. The van der Waals surface area contributed by atoms with Gasteiger partial charge < -0.3 is 5.32 Å². The zero-order valence-corrected chi connectivity index (χ0v) is 11.8. The summed E-state index contributed by atoms with van der Waals surface area (Å²) in [6, 6.07) is 0. The molecule has 0 saturated heterocycles. The van der Waals surface area contributed by atoms with Crippen LogP contribution >= 0.6 is 0 Å². The predicted octanol–water partition coefficient (Wildman–Crippen LogP) is 4.83. The van der Waals surface area contributed by atoms with Crippen LogP contribution in [0.15, 0.2) is 36.6 Å². The summed E-state index contributed by atoms with van der Waals surface area (Å²) >= 11 is 0. The van der Waals surface area contributed by atoms with Crippen molar-refractivity contribution < 1.29 is 0 Å². The van der Waals surface area contributed by atoms with E-state index in [-0.39, 0.29) is 0 Å². The molecule has 0 aromatic rings. The van der Waals surface area contributed by atoms with Crippen LogP contribution < -0.4 is 5.32 Å². The van der Waals surface area contributed by atoms with Crippen LogP contribution in [0.3, 0.4) is 0 Å². The fraction of sp³-hybridized carbons (Fsp3) is 0.625. The number of allylic oxidation sites excluding steroid dienone is 4. The summed E-state index contributed by atoms with van der Waals surface area (Å²) in [6.45, 7) is 11.4. The van der Waals surface area contributed by atoms with Gasteiger partial charge in [-0.2, -0.15) is 0 Å². The zero-order valence-electron chi connectivity index (χ0n) is 11.8.